The van der Waals surface area contributed by atoms with Crippen LogP contribution in [-0.4, -0.2) is 25.6 Å². The van der Waals surface area contributed by atoms with Gasteiger partial charge in [-0.1, -0.05) is 13.8 Å². The minimum absolute atomic E-state index is 0.172. The van der Waals surface area contributed by atoms with Crippen molar-refractivity contribution in [3.8, 4) is 0 Å². The first-order chi connectivity index (χ1) is 7.52. The van der Waals surface area contributed by atoms with E-state index in [1.807, 2.05) is 13.8 Å². The normalized spacial score (nSPS) is 11.2. The number of carboxylic acids is 1. The van der Waals surface area contributed by atoms with Gasteiger partial charge in [-0.05, 0) is 5.92 Å². The zero-order chi connectivity index (χ0) is 11.9. The molecule has 5 heteroatoms. The van der Waals surface area contributed by atoms with Crippen molar-refractivity contribution >= 4 is 17.0 Å². The molecule has 0 radical (unpaired) electrons. The maximum absolute atomic E-state index is 11.1. The van der Waals surface area contributed by atoms with E-state index in [4.69, 9.17) is 5.11 Å². The third kappa shape index (κ3) is 1.44. The summed E-state index contributed by atoms with van der Waals surface area (Å²) in [6.45, 7) is 3.97. The molecular weight excluding hydrogens is 206 g/mol. The zero-order valence-electron chi connectivity index (χ0n) is 9.43. The number of aryl methyl sites for hydroxylation is 1. The molecule has 2 rings (SSSR count). The number of aromatic nitrogens is 3. The lowest BCUT2D eigenvalue weighted by Crippen LogP contribution is -2.00. The molecule has 2 aromatic rings. The molecule has 0 saturated heterocycles. The summed E-state index contributed by atoms with van der Waals surface area (Å²) in [5.41, 5.74) is 1.71. The Labute approximate surface area is 92.8 Å². The fraction of sp³-hybridized carbons (Fsp3) is 0.364. The highest BCUT2D eigenvalue weighted by Crippen LogP contribution is 2.26. The zero-order valence-corrected chi connectivity index (χ0v) is 9.43. The summed E-state index contributed by atoms with van der Waals surface area (Å²) in [4.78, 5) is 19.4. The number of hydrogen-bond acceptors (Lipinski definition) is 3. The molecule has 0 saturated carbocycles. The summed E-state index contributed by atoms with van der Waals surface area (Å²) >= 11 is 0. The van der Waals surface area contributed by atoms with Crippen LogP contribution in [0.4, 0.5) is 0 Å². The second-order valence-electron chi connectivity index (χ2n) is 4.07. The van der Waals surface area contributed by atoms with Crippen LogP contribution in [0, 0.1) is 0 Å². The largest absolute Gasteiger partial charge is 0.478 e. The summed E-state index contributed by atoms with van der Waals surface area (Å²) in [6, 6.07) is 0. The second-order valence-corrected chi connectivity index (χ2v) is 4.07. The van der Waals surface area contributed by atoms with Crippen LogP contribution in [0.3, 0.4) is 0 Å². The Bertz CT molecular complexity index is 558. The summed E-state index contributed by atoms with van der Waals surface area (Å²) in [5.74, 6) is -0.770. The molecule has 0 atom stereocenters. The standard InChI is InChI=1S/C11H13N3O2/c1-6(2)9-8-7(11(15)16)4-14(3)10(8)13-5-12-9/h4-6H,1-3H3,(H,15,16). The van der Waals surface area contributed by atoms with Crippen LogP contribution in [0.25, 0.3) is 11.0 Å². The molecule has 1 N–H and O–H groups in total. The minimum atomic E-state index is -0.942. The van der Waals surface area contributed by atoms with Gasteiger partial charge in [-0.3, -0.25) is 0 Å². The molecule has 84 valence electrons. The van der Waals surface area contributed by atoms with Gasteiger partial charge in [-0.15, -0.1) is 0 Å². The SMILES string of the molecule is CC(C)c1ncnc2c1c(C(=O)O)cn2C. The van der Waals surface area contributed by atoms with Gasteiger partial charge in [0.1, 0.15) is 12.0 Å². The minimum Gasteiger partial charge on any atom is -0.478 e. The lowest BCUT2D eigenvalue weighted by molar-refractivity contribution is 0.0698. The third-order valence-electron chi connectivity index (χ3n) is 2.56. The fourth-order valence-electron chi connectivity index (χ4n) is 1.83. The van der Waals surface area contributed by atoms with E-state index in [-0.39, 0.29) is 11.5 Å². The van der Waals surface area contributed by atoms with Crippen LogP contribution < -0.4 is 0 Å². The predicted molar refractivity (Wildman–Crippen MR) is 59.6 cm³/mol. The average Bonchev–Trinajstić information content (AvgIpc) is 2.56. The van der Waals surface area contributed by atoms with Crippen LogP contribution in [0.2, 0.25) is 0 Å². The highest BCUT2D eigenvalue weighted by atomic mass is 16.4. The third-order valence-corrected chi connectivity index (χ3v) is 2.56. The molecule has 0 bridgehead atoms. The van der Waals surface area contributed by atoms with Crippen molar-refractivity contribution in [1.29, 1.82) is 0 Å². The molecule has 2 aromatic heterocycles. The van der Waals surface area contributed by atoms with Crippen molar-refractivity contribution in [2.75, 3.05) is 0 Å². The highest BCUT2D eigenvalue weighted by Gasteiger charge is 2.19. The van der Waals surface area contributed by atoms with Crippen molar-refractivity contribution in [2.24, 2.45) is 7.05 Å². The molecule has 0 amide bonds. The number of carbonyl (C=O) groups is 1. The molecular formula is C11H13N3O2. The monoisotopic (exact) mass is 219 g/mol. The predicted octanol–water partition coefficient (Wildman–Crippen LogP) is 1.79. The smallest absolute Gasteiger partial charge is 0.338 e. The van der Waals surface area contributed by atoms with Gasteiger partial charge in [0.15, 0.2) is 0 Å². The quantitative estimate of drug-likeness (QED) is 0.836. The molecule has 0 fully saturated rings. The fourth-order valence-corrected chi connectivity index (χ4v) is 1.83. The van der Waals surface area contributed by atoms with Gasteiger partial charge in [0.2, 0.25) is 0 Å². The van der Waals surface area contributed by atoms with Crippen molar-refractivity contribution in [2.45, 2.75) is 19.8 Å². The number of fused-ring (bicyclic) bond motifs is 1. The second kappa shape index (κ2) is 3.59. The molecule has 0 aliphatic carbocycles. The first kappa shape index (κ1) is 10.6. The van der Waals surface area contributed by atoms with Gasteiger partial charge in [-0.2, -0.15) is 0 Å². The van der Waals surface area contributed by atoms with Gasteiger partial charge in [0.25, 0.3) is 0 Å². The van der Waals surface area contributed by atoms with Crippen LogP contribution in [0.5, 0.6) is 0 Å². The number of carboxylic acid groups (broad SMARTS) is 1. The van der Waals surface area contributed by atoms with Gasteiger partial charge >= 0.3 is 5.97 Å². The van der Waals surface area contributed by atoms with E-state index in [9.17, 15) is 4.79 Å². The van der Waals surface area contributed by atoms with Crippen molar-refractivity contribution in [1.82, 2.24) is 14.5 Å². The number of hydrogen-bond donors (Lipinski definition) is 1. The number of rotatable bonds is 2. The molecule has 0 unspecified atom stereocenters. The maximum atomic E-state index is 11.1. The Morgan fingerprint density at radius 2 is 2.12 bits per heavy atom. The average molecular weight is 219 g/mol. The Hall–Kier alpha value is -1.91. The molecule has 0 aromatic carbocycles. The van der Waals surface area contributed by atoms with Gasteiger partial charge in [0, 0.05) is 13.2 Å². The Morgan fingerprint density at radius 1 is 1.44 bits per heavy atom. The molecule has 0 aliphatic rings. The van der Waals surface area contributed by atoms with E-state index in [0.29, 0.717) is 11.0 Å². The van der Waals surface area contributed by atoms with Crippen molar-refractivity contribution in [3.63, 3.8) is 0 Å². The van der Waals surface area contributed by atoms with Crippen LogP contribution in [0.1, 0.15) is 35.8 Å². The van der Waals surface area contributed by atoms with Crippen molar-refractivity contribution < 1.29 is 9.90 Å². The first-order valence-corrected chi connectivity index (χ1v) is 5.05. The highest BCUT2D eigenvalue weighted by molar-refractivity contribution is 6.03. The Kier molecular flexibility index (Phi) is 2.38. The summed E-state index contributed by atoms with van der Waals surface area (Å²) in [6.07, 6.45) is 3.05. The van der Waals surface area contributed by atoms with Crippen LogP contribution in [0.15, 0.2) is 12.5 Å². The molecule has 2 heterocycles. The van der Waals surface area contributed by atoms with Gasteiger partial charge < -0.3 is 9.67 Å². The van der Waals surface area contributed by atoms with Crippen LogP contribution in [-0.2, 0) is 7.05 Å². The molecule has 5 nitrogen and oxygen atoms in total. The summed E-state index contributed by atoms with van der Waals surface area (Å²) in [5, 5.41) is 9.78. The van der Waals surface area contributed by atoms with Crippen LogP contribution >= 0.6 is 0 Å². The van der Waals surface area contributed by atoms with Gasteiger partial charge in [0.05, 0.1) is 16.6 Å². The van der Waals surface area contributed by atoms with Crippen molar-refractivity contribution in [3.05, 3.63) is 23.8 Å². The summed E-state index contributed by atoms with van der Waals surface area (Å²) in [7, 11) is 1.78. The molecule has 16 heavy (non-hydrogen) atoms. The van der Waals surface area contributed by atoms with E-state index >= 15 is 0 Å². The number of nitrogens with zero attached hydrogens (tertiary/aromatic N) is 3. The van der Waals surface area contributed by atoms with Gasteiger partial charge in [-0.25, -0.2) is 14.8 Å². The van der Waals surface area contributed by atoms with E-state index in [1.165, 1.54) is 6.33 Å². The van der Waals surface area contributed by atoms with E-state index in [2.05, 4.69) is 9.97 Å². The van der Waals surface area contributed by atoms with E-state index < -0.39 is 5.97 Å². The summed E-state index contributed by atoms with van der Waals surface area (Å²) < 4.78 is 1.71. The number of aromatic carboxylic acids is 1. The first-order valence-electron chi connectivity index (χ1n) is 5.05. The Balaban J connectivity index is 2.88. The molecule has 0 spiro atoms. The Morgan fingerprint density at radius 3 is 2.69 bits per heavy atom. The molecule has 0 aliphatic heterocycles. The topological polar surface area (TPSA) is 68.0 Å². The van der Waals surface area contributed by atoms with E-state index in [0.717, 1.165) is 5.69 Å². The maximum Gasteiger partial charge on any atom is 0.338 e. The lowest BCUT2D eigenvalue weighted by atomic mass is 10.0. The van der Waals surface area contributed by atoms with E-state index in [1.54, 1.807) is 17.8 Å². The lowest BCUT2D eigenvalue weighted by Gasteiger charge is -2.06.